The van der Waals surface area contributed by atoms with Crippen LogP contribution in [-0.4, -0.2) is 43.5 Å². The number of carbonyl (C=O) groups is 2. The Labute approximate surface area is 146 Å². The fourth-order valence-electron chi connectivity index (χ4n) is 1.60. The number of aromatic nitrogens is 1. The highest BCUT2D eigenvalue weighted by Crippen LogP contribution is 2.25. The zero-order valence-corrected chi connectivity index (χ0v) is 14.4. The number of amides is 2. The summed E-state index contributed by atoms with van der Waals surface area (Å²) < 4.78 is 26.2. The van der Waals surface area contributed by atoms with E-state index in [2.05, 4.69) is 10.3 Å². The van der Waals surface area contributed by atoms with Crippen molar-refractivity contribution in [1.29, 1.82) is 0 Å². The summed E-state index contributed by atoms with van der Waals surface area (Å²) in [4.78, 5) is 27.4. The minimum absolute atomic E-state index is 0.0278. The number of carbonyl (C=O) groups excluding carboxylic acids is 2. The molecule has 2 aromatic heterocycles. The molecule has 2 rings (SSSR count). The largest absolute Gasteiger partial charge is 0.395 e. The van der Waals surface area contributed by atoms with E-state index in [0.29, 0.717) is 0 Å². The molecule has 0 aromatic carbocycles. The number of sulfonamides is 1. The highest BCUT2D eigenvalue weighted by atomic mass is 35.5. The second-order valence-corrected chi connectivity index (χ2v) is 8.03. The van der Waals surface area contributed by atoms with Crippen LogP contribution in [0.2, 0.25) is 4.34 Å². The average Bonchev–Trinajstić information content (AvgIpc) is 3.00. The summed E-state index contributed by atoms with van der Waals surface area (Å²) in [5.74, 6) is -1.40. The molecule has 0 saturated heterocycles. The van der Waals surface area contributed by atoms with E-state index in [1.165, 1.54) is 24.3 Å². The third-order valence-electron chi connectivity index (χ3n) is 2.70. The Bertz CT molecular complexity index is 849. The van der Waals surface area contributed by atoms with Gasteiger partial charge in [-0.25, -0.2) is 13.1 Å². The molecule has 0 aliphatic heterocycles. The molecule has 0 spiro atoms. The van der Waals surface area contributed by atoms with Crippen LogP contribution in [0.15, 0.2) is 34.7 Å². The van der Waals surface area contributed by atoms with E-state index in [1.54, 1.807) is 0 Å². The number of hydrogen-bond donors (Lipinski definition) is 3. The van der Waals surface area contributed by atoms with Gasteiger partial charge in [0, 0.05) is 12.7 Å². The number of nitrogens with one attached hydrogen (secondary N) is 2. The molecule has 0 aliphatic rings. The molecule has 24 heavy (non-hydrogen) atoms. The number of pyridine rings is 1. The fraction of sp³-hybridized carbons (Fsp3) is 0.154. The first-order valence-corrected chi connectivity index (χ1v) is 9.19. The lowest BCUT2D eigenvalue weighted by Crippen LogP contribution is -2.30. The SMILES string of the molecule is O=C(NS(=O)(=O)c1ccc(Cl)s1)c1ccc(C(=O)NCCO)nc1. The second-order valence-electron chi connectivity index (χ2n) is 4.40. The van der Waals surface area contributed by atoms with Gasteiger partial charge in [0.05, 0.1) is 16.5 Å². The number of hydrogen-bond acceptors (Lipinski definition) is 7. The number of aliphatic hydroxyl groups is 1. The van der Waals surface area contributed by atoms with Crippen LogP contribution in [0.5, 0.6) is 0 Å². The first-order valence-electron chi connectivity index (χ1n) is 6.51. The molecule has 2 heterocycles. The smallest absolute Gasteiger partial charge is 0.273 e. The van der Waals surface area contributed by atoms with E-state index in [0.717, 1.165) is 17.5 Å². The van der Waals surface area contributed by atoms with Crippen molar-refractivity contribution in [3.05, 3.63) is 46.1 Å². The average molecular weight is 390 g/mol. The van der Waals surface area contributed by atoms with Crippen molar-refractivity contribution in [1.82, 2.24) is 15.0 Å². The minimum Gasteiger partial charge on any atom is -0.395 e. The molecular formula is C13H12ClN3O5S2. The number of halogens is 1. The minimum atomic E-state index is -4.03. The van der Waals surface area contributed by atoms with Gasteiger partial charge in [-0.1, -0.05) is 11.6 Å². The van der Waals surface area contributed by atoms with Crippen LogP contribution in [0.25, 0.3) is 0 Å². The van der Waals surface area contributed by atoms with Gasteiger partial charge in [-0.2, -0.15) is 0 Å². The first kappa shape index (κ1) is 18.3. The van der Waals surface area contributed by atoms with Crippen molar-refractivity contribution in [2.24, 2.45) is 0 Å². The Morgan fingerprint density at radius 3 is 2.50 bits per heavy atom. The molecule has 0 radical (unpaired) electrons. The van der Waals surface area contributed by atoms with Crippen molar-refractivity contribution in [2.45, 2.75) is 4.21 Å². The van der Waals surface area contributed by atoms with Crippen LogP contribution in [-0.2, 0) is 10.0 Å². The van der Waals surface area contributed by atoms with E-state index in [1.807, 2.05) is 4.72 Å². The summed E-state index contributed by atoms with van der Waals surface area (Å²) in [6.07, 6.45) is 1.08. The van der Waals surface area contributed by atoms with E-state index in [-0.39, 0.29) is 33.0 Å². The molecule has 0 fully saturated rings. The van der Waals surface area contributed by atoms with Crippen LogP contribution >= 0.6 is 22.9 Å². The van der Waals surface area contributed by atoms with Gasteiger partial charge in [0.15, 0.2) is 0 Å². The summed E-state index contributed by atoms with van der Waals surface area (Å²) in [5, 5.41) is 11.0. The van der Waals surface area contributed by atoms with Crippen molar-refractivity contribution >= 4 is 44.8 Å². The van der Waals surface area contributed by atoms with Gasteiger partial charge in [0.25, 0.3) is 21.8 Å². The predicted octanol–water partition coefficient (Wildman–Crippen LogP) is 0.637. The lowest BCUT2D eigenvalue weighted by molar-refractivity contribution is 0.0936. The van der Waals surface area contributed by atoms with E-state index >= 15 is 0 Å². The van der Waals surface area contributed by atoms with Crippen LogP contribution in [0.4, 0.5) is 0 Å². The second kappa shape index (κ2) is 7.71. The molecule has 0 unspecified atom stereocenters. The first-order chi connectivity index (χ1) is 11.3. The van der Waals surface area contributed by atoms with Gasteiger partial charge in [-0.05, 0) is 24.3 Å². The zero-order chi connectivity index (χ0) is 17.7. The molecule has 11 heteroatoms. The van der Waals surface area contributed by atoms with Crippen molar-refractivity contribution in [2.75, 3.05) is 13.2 Å². The molecule has 0 aliphatic carbocycles. The van der Waals surface area contributed by atoms with Crippen molar-refractivity contribution in [3.8, 4) is 0 Å². The van der Waals surface area contributed by atoms with Gasteiger partial charge in [0.1, 0.15) is 9.90 Å². The van der Waals surface area contributed by atoms with Crippen LogP contribution in [0.1, 0.15) is 20.8 Å². The standard InChI is InChI=1S/C13H12ClN3O5S2/c14-10-3-4-11(23-10)24(21,22)17-12(19)8-1-2-9(16-7-8)13(20)15-5-6-18/h1-4,7,18H,5-6H2,(H,15,20)(H,17,19). The van der Waals surface area contributed by atoms with Crippen LogP contribution < -0.4 is 10.0 Å². The molecule has 128 valence electrons. The van der Waals surface area contributed by atoms with Gasteiger partial charge in [0.2, 0.25) is 0 Å². The number of rotatable bonds is 6. The van der Waals surface area contributed by atoms with Gasteiger partial charge in [-0.15, -0.1) is 11.3 Å². The maximum absolute atomic E-state index is 12.0. The van der Waals surface area contributed by atoms with Gasteiger partial charge >= 0.3 is 0 Å². The molecule has 0 saturated carbocycles. The Balaban J connectivity index is 2.09. The van der Waals surface area contributed by atoms with Crippen molar-refractivity contribution < 1.29 is 23.1 Å². The van der Waals surface area contributed by atoms with E-state index in [4.69, 9.17) is 16.7 Å². The molecule has 8 nitrogen and oxygen atoms in total. The Morgan fingerprint density at radius 1 is 1.21 bits per heavy atom. The molecule has 0 bridgehead atoms. The lowest BCUT2D eigenvalue weighted by atomic mass is 10.2. The van der Waals surface area contributed by atoms with Crippen molar-refractivity contribution in [3.63, 3.8) is 0 Å². The summed E-state index contributed by atoms with van der Waals surface area (Å²) >= 11 is 6.50. The zero-order valence-electron chi connectivity index (χ0n) is 12.0. The summed E-state index contributed by atoms with van der Waals surface area (Å²) in [6, 6.07) is 5.24. The molecule has 2 aromatic rings. The topological polar surface area (TPSA) is 125 Å². The maximum Gasteiger partial charge on any atom is 0.273 e. The van der Waals surface area contributed by atoms with Crippen LogP contribution in [0, 0.1) is 0 Å². The molecule has 2 amide bonds. The predicted molar refractivity (Wildman–Crippen MR) is 87.6 cm³/mol. The summed E-state index contributed by atoms with van der Waals surface area (Å²) in [5.41, 5.74) is 0.00725. The van der Waals surface area contributed by atoms with Crippen LogP contribution in [0.3, 0.4) is 0 Å². The third kappa shape index (κ3) is 4.51. The molecule has 3 N–H and O–H groups in total. The highest BCUT2D eigenvalue weighted by molar-refractivity contribution is 7.92. The monoisotopic (exact) mass is 389 g/mol. The Hall–Kier alpha value is -2.01. The number of nitrogens with zero attached hydrogens (tertiary/aromatic N) is 1. The number of thiophene rings is 1. The fourth-order valence-corrected chi connectivity index (χ4v) is 4.05. The van der Waals surface area contributed by atoms with Gasteiger partial charge in [-0.3, -0.25) is 14.6 Å². The summed E-state index contributed by atoms with van der Waals surface area (Å²) in [6.45, 7) is -0.138. The maximum atomic E-state index is 12.0. The quantitative estimate of drug-likeness (QED) is 0.665. The Kier molecular flexibility index (Phi) is 5.89. The third-order valence-corrected chi connectivity index (χ3v) is 5.75. The Morgan fingerprint density at radius 2 is 1.96 bits per heavy atom. The lowest BCUT2D eigenvalue weighted by Gasteiger charge is -2.06. The van der Waals surface area contributed by atoms with E-state index < -0.39 is 21.8 Å². The molecule has 0 atom stereocenters. The number of aliphatic hydroxyl groups excluding tert-OH is 1. The van der Waals surface area contributed by atoms with E-state index in [9.17, 15) is 18.0 Å². The highest BCUT2D eigenvalue weighted by Gasteiger charge is 2.21. The summed E-state index contributed by atoms with van der Waals surface area (Å²) in [7, 11) is -4.03. The molecular weight excluding hydrogens is 378 g/mol. The normalized spacial score (nSPS) is 11.1. The van der Waals surface area contributed by atoms with Gasteiger partial charge < -0.3 is 10.4 Å².